The smallest absolute Gasteiger partial charge is 0.0990 e. The van der Waals surface area contributed by atoms with Crippen LogP contribution in [-0.4, -0.2) is 36.6 Å². The van der Waals surface area contributed by atoms with E-state index in [9.17, 15) is 0 Å². The van der Waals surface area contributed by atoms with E-state index in [4.69, 9.17) is 4.74 Å². The van der Waals surface area contributed by atoms with Crippen molar-refractivity contribution in [3.8, 4) is 0 Å². The van der Waals surface area contributed by atoms with E-state index in [1.165, 1.54) is 12.0 Å². The van der Waals surface area contributed by atoms with Gasteiger partial charge in [-0.1, -0.05) is 30.3 Å². The number of nitrogens with zero attached hydrogens (tertiary/aromatic N) is 1. The van der Waals surface area contributed by atoms with Gasteiger partial charge in [0.2, 0.25) is 0 Å². The molecule has 0 bridgehead atoms. The molecular formula is C14H21NOS. The molecule has 2 nitrogen and oxygen atoms in total. The minimum atomic E-state index is 0.544. The van der Waals surface area contributed by atoms with E-state index < -0.39 is 0 Å². The van der Waals surface area contributed by atoms with E-state index in [0.717, 1.165) is 39.3 Å². The van der Waals surface area contributed by atoms with Crippen molar-refractivity contribution in [2.45, 2.75) is 24.5 Å². The topological polar surface area (TPSA) is 12.5 Å². The lowest BCUT2D eigenvalue weighted by Gasteiger charge is -2.14. The Morgan fingerprint density at radius 2 is 2.12 bits per heavy atom. The van der Waals surface area contributed by atoms with E-state index in [1.54, 1.807) is 0 Å². The van der Waals surface area contributed by atoms with Gasteiger partial charge in [0.05, 0.1) is 6.73 Å². The summed E-state index contributed by atoms with van der Waals surface area (Å²) in [6, 6.07) is 10.6. The number of hydrogen-bond acceptors (Lipinski definition) is 3. The van der Waals surface area contributed by atoms with Gasteiger partial charge in [0, 0.05) is 24.9 Å². The normalized spacial score (nSPS) is 20.9. The molecule has 1 aromatic carbocycles. The Balaban J connectivity index is 1.52. The Morgan fingerprint density at radius 3 is 2.82 bits per heavy atom. The fraction of sp³-hybridized carbons (Fsp3) is 0.571. The quantitative estimate of drug-likeness (QED) is 0.616. The Morgan fingerprint density at radius 1 is 1.29 bits per heavy atom. The number of hydrogen-bond donors (Lipinski definition) is 1. The monoisotopic (exact) mass is 251 g/mol. The van der Waals surface area contributed by atoms with Crippen molar-refractivity contribution in [3.63, 3.8) is 0 Å². The molecule has 94 valence electrons. The summed E-state index contributed by atoms with van der Waals surface area (Å²) in [4.78, 5) is 2.33. The lowest BCUT2D eigenvalue weighted by Crippen LogP contribution is -2.24. The molecule has 1 fully saturated rings. The van der Waals surface area contributed by atoms with Crippen molar-refractivity contribution < 1.29 is 4.74 Å². The fourth-order valence-electron chi connectivity index (χ4n) is 2.15. The van der Waals surface area contributed by atoms with Crippen molar-refractivity contribution >= 4 is 12.6 Å². The average molecular weight is 251 g/mol. The zero-order valence-corrected chi connectivity index (χ0v) is 11.1. The number of aryl methyl sites for hydroxylation is 1. The zero-order chi connectivity index (χ0) is 11.9. The molecule has 2 rings (SSSR count). The van der Waals surface area contributed by atoms with Crippen LogP contribution in [0.2, 0.25) is 0 Å². The van der Waals surface area contributed by atoms with E-state index >= 15 is 0 Å². The molecule has 0 saturated carbocycles. The molecule has 1 saturated heterocycles. The van der Waals surface area contributed by atoms with E-state index in [0.29, 0.717) is 5.25 Å². The maximum absolute atomic E-state index is 5.68. The molecule has 1 atom stereocenters. The second-order valence-corrected chi connectivity index (χ2v) is 5.38. The number of rotatable bonds is 6. The zero-order valence-electron chi connectivity index (χ0n) is 10.2. The predicted molar refractivity (Wildman–Crippen MR) is 74.5 cm³/mol. The first-order chi connectivity index (χ1) is 8.34. The first-order valence-electron chi connectivity index (χ1n) is 6.36. The Kier molecular flexibility index (Phi) is 5.36. The van der Waals surface area contributed by atoms with Crippen LogP contribution in [0.15, 0.2) is 30.3 Å². The van der Waals surface area contributed by atoms with Crippen LogP contribution in [0.4, 0.5) is 0 Å². The lowest BCUT2D eigenvalue weighted by atomic mass is 10.1. The number of likely N-dealkylation sites (tertiary alicyclic amines) is 1. The van der Waals surface area contributed by atoms with Gasteiger partial charge in [-0.15, -0.1) is 0 Å². The van der Waals surface area contributed by atoms with Crippen molar-refractivity contribution in [1.29, 1.82) is 0 Å². The minimum Gasteiger partial charge on any atom is -0.366 e. The Bertz CT molecular complexity index is 317. The van der Waals surface area contributed by atoms with Crippen LogP contribution in [0.3, 0.4) is 0 Å². The van der Waals surface area contributed by atoms with Gasteiger partial charge >= 0.3 is 0 Å². The molecule has 0 aliphatic carbocycles. The summed E-state index contributed by atoms with van der Waals surface area (Å²) in [6.07, 6.45) is 3.40. The first kappa shape index (κ1) is 12.9. The average Bonchev–Trinajstić information content (AvgIpc) is 2.76. The van der Waals surface area contributed by atoms with Gasteiger partial charge in [0.25, 0.3) is 0 Å². The van der Waals surface area contributed by atoms with Gasteiger partial charge in [0.15, 0.2) is 0 Å². The van der Waals surface area contributed by atoms with Crippen molar-refractivity contribution in [1.82, 2.24) is 4.90 Å². The van der Waals surface area contributed by atoms with Gasteiger partial charge in [-0.2, -0.15) is 12.6 Å². The molecular weight excluding hydrogens is 230 g/mol. The second kappa shape index (κ2) is 7.04. The highest BCUT2D eigenvalue weighted by molar-refractivity contribution is 7.81. The van der Waals surface area contributed by atoms with Crippen LogP contribution in [0.5, 0.6) is 0 Å². The molecule has 1 aromatic rings. The Labute approximate surface area is 109 Å². The van der Waals surface area contributed by atoms with Crippen LogP contribution in [-0.2, 0) is 11.2 Å². The van der Waals surface area contributed by atoms with Crippen molar-refractivity contribution in [2.75, 3.05) is 26.4 Å². The summed E-state index contributed by atoms with van der Waals surface area (Å²) >= 11 is 4.47. The Hall–Kier alpha value is -0.510. The maximum Gasteiger partial charge on any atom is 0.0990 e. The van der Waals surface area contributed by atoms with Crippen LogP contribution in [0.25, 0.3) is 0 Å². The third-order valence-electron chi connectivity index (χ3n) is 3.12. The first-order valence-corrected chi connectivity index (χ1v) is 6.88. The summed E-state index contributed by atoms with van der Waals surface area (Å²) < 4.78 is 5.68. The highest BCUT2D eigenvalue weighted by atomic mass is 32.1. The van der Waals surface area contributed by atoms with Gasteiger partial charge in [-0.3, -0.25) is 4.90 Å². The predicted octanol–water partition coefficient (Wildman–Crippen LogP) is 2.60. The van der Waals surface area contributed by atoms with Gasteiger partial charge in [-0.25, -0.2) is 0 Å². The van der Waals surface area contributed by atoms with Crippen molar-refractivity contribution in [3.05, 3.63) is 35.9 Å². The summed E-state index contributed by atoms with van der Waals surface area (Å²) in [5.74, 6) is 0. The SMILES string of the molecule is SC1CCN(COCCCc2ccccc2)C1. The summed E-state index contributed by atoms with van der Waals surface area (Å²) in [7, 11) is 0. The lowest BCUT2D eigenvalue weighted by molar-refractivity contribution is 0.0409. The molecule has 0 N–H and O–H groups in total. The molecule has 1 unspecified atom stereocenters. The number of ether oxygens (including phenoxy) is 1. The third kappa shape index (κ3) is 4.70. The van der Waals surface area contributed by atoms with Crippen LogP contribution < -0.4 is 0 Å². The van der Waals surface area contributed by atoms with Gasteiger partial charge < -0.3 is 4.74 Å². The van der Waals surface area contributed by atoms with E-state index in [-0.39, 0.29) is 0 Å². The molecule has 0 amide bonds. The summed E-state index contributed by atoms with van der Waals surface area (Å²) in [6.45, 7) is 3.82. The minimum absolute atomic E-state index is 0.544. The number of thiol groups is 1. The molecule has 3 heteroatoms. The molecule has 1 aliphatic heterocycles. The van der Waals surface area contributed by atoms with Gasteiger partial charge in [-0.05, 0) is 24.8 Å². The van der Waals surface area contributed by atoms with E-state index in [1.807, 2.05) is 0 Å². The van der Waals surface area contributed by atoms with Gasteiger partial charge in [0.1, 0.15) is 0 Å². The molecule has 0 aromatic heterocycles. The molecule has 17 heavy (non-hydrogen) atoms. The maximum atomic E-state index is 5.68. The third-order valence-corrected chi connectivity index (χ3v) is 3.54. The summed E-state index contributed by atoms with van der Waals surface area (Å²) in [5, 5.41) is 0.544. The number of benzene rings is 1. The van der Waals surface area contributed by atoms with Crippen LogP contribution in [0.1, 0.15) is 18.4 Å². The van der Waals surface area contributed by atoms with Crippen LogP contribution in [0, 0.1) is 0 Å². The molecule has 1 aliphatic rings. The van der Waals surface area contributed by atoms with E-state index in [2.05, 4.69) is 47.9 Å². The molecule has 0 radical (unpaired) electrons. The summed E-state index contributed by atoms with van der Waals surface area (Å²) in [5.41, 5.74) is 1.40. The van der Waals surface area contributed by atoms with Crippen LogP contribution >= 0.6 is 12.6 Å². The van der Waals surface area contributed by atoms with Crippen molar-refractivity contribution in [2.24, 2.45) is 0 Å². The molecule has 1 heterocycles. The highest BCUT2D eigenvalue weighted by Gasteiger charge is 2.18. The molecule has 0 spiro atoms. The second-order valence-electron chi connectivity index (χ2n) is 4.65. The largest absolute Gasteiger partial charge is 0.366 e. The standard InChI is InChI=1S/C14H21NOS/c17-14-8-9-15(11-14)12-16-10-4-7-13-5-2-1-3-6-13/h1-3,5-6,14,17H,4,7-12H2. The highest BCUT2D eigenvalue weighted by Crippen LogP contribution is 2.13. The fourth-order valence-corrected chi connectivity index (χ4v) is 2.49.